The van der Waals surface area contributed by atoms with Crippen LogP contribution in [0.2, 0.25) is 5.02 Å². The van der Waals surface area contributed by atoms with E-state index >= 15 is 0 Å². The molecule has 1 fully saturated rings. The molecule has 0 aliphatic carbocycles. The van der Waals surface area contributed by atoms with Crippen molar-refractivity contribution < 1.29 is 4.79 Å². The van der Waals surface area contributed by atoms with E-state index in [1.807, 2.05) is 35.0 Å². The first-order chi connectivity index (χ1) is 9.11. The number of nitrogens with two attached hydrogens (primary N) is 1. The van der Waals surface area contributed by atoms with Gasteiger partial charge in [-0.3, -0.25) is 4.79 Å². The Morgan fingerprint density at radius 2 is 2.11 bits per heavy atom. The van der Waals surface area contributed by atoms with Crippen LogP contribution in [0.4, 0.5) is 5.69 Å². The van der Waals surface area contributed by atoms with E-state index in [-0.39, 0.29) is 5.91 Å². The summed E-state index contributed by atoms with van der Waals surface area (Å²) in [5.41, 5.74) is 7.66. The molecule has 104 valence electrons. The first-order valence-electron chi connectivity index (χ1n) is 6.59. The Bertz CT molecular complexity index is 458. The lowest BCUT2D eigenvalue weighted by molar-refractivity contribution is -0.128. The van der Waals surface area contributed by atoms with Gasteiger partial charge in [0, 0.05) is 37.4 Å². The third kappa shape index (κ3) is 3.39. The molecule has 0 bridgehead atoms. The Kier molecular flexibility index (Phi) is 4.66. The molecule has 1 aliphatic heterocycles. The zero-order chi connectivity index (χ0) is 13.8. The fourth-order valence-electron chi connectivity index (χ4n) is 2.42. The largest absolute Gasteiger partial charge is 0.365 e. The van der Waals surface area contributed by atoms with Crippen molar-refractivity contribution in [1.29, 1.82) is 0 Å². The van der Waals surface area contributed by atoms with Crippen LogP contribution < -0.4 is 10.6 Å². The van der Waals surface area contributed by atoms with E-state index in [0.717, 1.165) is 37.2 Å². The number of carbonyl (C=O) groups is 1. The van der Waals surface area contributed by atoms with Gasteiger partial charge in [-0.25, -0.2) is 0 Å². The van der Waals surface area contributed by atoms with Crippen molar-refractivity contribution in [3.8, 4) is 0 Å². The fourth-order valence-corrected chi connectivity index (χ4v) is 2.59. The summed E-state index contributed by atoms with van der Waals surface area (Å²) in [5, 5.41) is 0.660. The number of carbonyl (C=O) groups excluding carboxylic acids is 1. The maximum Gasteiger partial charge on any atom is 0.242 e. The summed E-state index contributed by atoms with van der Waals surface area (Å²) in [6, 6.07) is 5.60. The van der Waals surface area contributed by atoms with Crippen molar-refractivity contribution in [2.45, 2.75) is 19.4 Å². The lowest BCUT2D eigenvalue weighted by Gasteiger charge is -2.24. The summed E-state index contributed by atoms with van der Waals surface area (Å²) >= 11 is 6.02. The van der Waals surface area contributed by atoms with Crippen molar-refractivity contribution in [3.63, 3.8) is 0 Å². The van der Waals surface area contributed by atoms with Crippen molar-refractivity contribution in [2.24, 2.45) is 5.73 Å². The number of likely N-dealkylation sites (N-methyl/N-ethyl adjacent to an activating group) is 1. The molecule has 1 aromatic carbocycles. The molecule has 0 unspecified atom stereocenters. The topological polar surface area (TPSA) is 49.6 Å². The minimum absolute atomic E-state index is 0.169. The Labute approximate surface area is 119 Å². The minimum atomic E-state index is 0.169. The van der Waals surface area contributed by atoms with Gasteiger partial charge < -0.3 is 15.5 Å². The molecule has 2 rings (SSSR count). The third-order valence-electron chi connectivity index (χ3n) is 3.51. The zero-order valence-corrected chi connectivity index (χ0v) is 12.0. The molecule has 1 aromatic rings. The number of hydrogen-bond donors (Lipinski definition) is 1. The van der Waals surface area contributed by atoms with E-state index in [1.165, 1.54) is 0 Å². The molecular weight excluding hydrogens is 262 g/mol. The molecule has 19 heavy (non-hydrogen) atoms. The Morgan fingerprint density at radius 1 is 1.42 bits per heavy atom. The van der Waals surface area contributed by atoms with Gasteiger partial charge in [-0.2, -0.15) is 0 Å². The summed E-state index contributed by atoms with van der Waals surface area (Å²) < 4.78 is 0. The standard InChI is InChI=1S/C14H20ClN3O/c1-17(10-14(19)18-6-2-3-7-18)13-8-12(15)5-4-11(13)9-16/h4-5,8H,2-3,6-7,9-10,16H2,1H3. The highest BCUT2D eigenvalue weighted by atomic mass is 35.5. The lowest BCUT2D eigenvalue weighted by atomic mass is 10.1. The molecule has 0 aromatic heterocycles. The third-order valence-corrected chi connectivity index (χ3v) is 3.74. The Morgan fingerprint density at radius 3 is 2.74 bits per heavy atom. The van der Waals surface area contributed by atoms with Gasteiger partial charge in [-0.15, -0.1) is 0 Å². The smallest absolute Gasteiger partial charge is 0.242 e. The van der Waals surface area contributed by atoms with Crippen molar-refractivity contribution in [3.05, 3.63) is 28.8 Å². The highest BCUT2D eigenvalue weighted by molar-refractivity contribution is 6.30. The maximum absolute atomic E-state index is 12.1. The summed E-state index contributed by atoms with van der Waals surface area (Å²) in [7, 11) is 1.90. The molecule has 5 heteroatoms. The summed E-state index contributed by atoms with van der Waals surface area (Å²) in [6.45, 7) is 2.57. The predicted molar refractivity (Wildman–Crippen MR) is 78.4 cm³/mol. The minimum Gasteiger partial charge on any atom is -0.365 e. The summed E-state index contributed by atoms with van der Waals surface area (Å²) in [5.74, 6) is 0.169. The first kappa shape index (κ1) is 14.2. The van der Waals surface area contributed by atoms with Crippen LogP contribution in [0.5, 0.6) is 0 Å². The van der Waals surface area contributed by atoms with E-state index in [4.69, 9.17) is 17.3 Å². The Balaban J connectivity index is 2.08. The number of amides is 1. The SMILES string of the molecule is CN(CC(=O)N1CCCC1)c1cc(Cl)ccc1CN. The van der Waals surface area contributed by atoms with E-state index in [9.17, 15) is 4.79 Å². The van der Waals surface area contributed by atoms with Crippen molar-refractivity contribution >= 4 is 23.2 Å². The molecule has 4 nitrogen and oxygen atoms in total. The molecule has 0 atom stereocenters. The normalized spacial score (nSPS) is 14.8. The zero-order valence-electron chi connectivity index (χ0n) is 11.2. The van der Waals surface area contributed by atoms with Crippen LogP contribution in [0.1, 0.15) is 18.4 Å². The van der Waals surface area contributed by atoms with Crippen LogP contribution in [0.25, 0.3) is 0 Å². The van der Waals surface area contributed by atoms with Gasteiger partial charge in [-0.1, -0.05) is 17.7 Å². The van der Waals surface area contributed by atoms with E-state index < -0.39 is 0 Å². The number of benzene rings is 1. The molecule has 0 saturated carbocycles. The highest BCUT2D eigenvalue weighted by Crippen LogP contribution is 2.24. The summed E-state index contributed by atoms with van der Waals surface area (Å²) in [6.07, 6.45) is 2.22. The van der Waals surface area contributed by atoms with Crippen molar-refractivity contribution in [1.82, 2.24) is 4.90 Å². The number of anilines is 1. The van der Waals surface area contributed by atoms with E-state index in [1.54, 1.807) is 0 Å². The first-order valence-corrected chi connectivity index (χ1v) is 6.97. The van der Waals surface area contributed by atoms with Crippen LogP contribution in [0, 0.1) is 0 Å². The van der Waals surface area contributed by atoms with Gasteiger partial charge in [0.15, 0.2) is 0 Å². The van der Waals surface area contributed by atoms with Gasteiger partial charge in [0.2, 0.25) is 5.91 Å². The average molecular weight is 282 g/mol. The van der Waals surface area contributed by atoms with Crippen LogP contribution in [-0.2, 0) is 11.3 Å². The molecule has 1 aliphatic rings. The number of hydrogen-bond acceptors (Lipinski definition) is 3. The highest BCUT2D eigenvalue weighted by Gasteiger charge is 2.20. The molecule has 1 amide bonds. The van der Waals surface area contributed by atoms with Gasteiger partial charge in [0.1, 0.15) is 0 Å². The fraction of sp³-hybridized carbons (Fsp3) is 0.500. The van der Waals surface area contributed by atoms with Gasteiger partial charge in [0.05, 0.1) is 6.54 Å². The second-order valence-electron chi connectivity index (χ2n) is 4.92. The number of likely N-dealkylation sites (tertiary alicyclic amines) is 1. The van der Waals surface area contributed by atoms with Crippen LogP contribution in [0.15, 0.2) is 18.2 Å². The number of halogens is 1. The van der Waals surface area contributed by atoms with Crippen LogP contribution >= 0.6 is 11.6 Å². The average Bonchev–Trinajstić information content (AvgIpc) is 2.92. The Hall–Kier alpha value is -1.26. The molecule has 0 spiro atoms. The number of nitrogens with zero attached hydrogens (tertiary/aromatic N) is 2. The second-order valence-corrected chi connectivity index (χ2v) is 5.36. The molecule has 0 radical (unpaired) electrons. The van der Waals surface area contributed by atoms with Crippen molar-refractivity contribution in [2.75, 3.05) is 31.6 Å². The van der Waals surface area contributed by atoms with E-state index in [2.05, 4.69) is 0 Å². The number of rotatable bonds is 4. The lowest BCUT2D eigenvalue weighted by Crippen LogP contribution is -2.37. The monoisotopic (exact) mass is 281 g/mol. The summed E-state index contributed by atoms with van der Waals surface area (Å²) in [4.78, 5) is 16.0. The van der Waals surface area contributed by atoms with Crippen LogP contribution in [-0.4, -0.2) is 37.5 Å². The second kappa shape index (κ2) is 6.26. The maximum atomic E-state index is 12.1. The van der Waals surface area contributed by atoms with Gasteiger partial charge in [-0.05, 0) is 30.5 Å². The molecule has 1 saturated heterocycles. The van der Waals surface area contributed by atoms with Crippen LogP contribution in [0.3, 0.4) is 0 Å². The molecule has 1 heterocycles. The van der Waals surface area contributed by atoms with E-state index in [0.29, 0.717) is 18.1 Å². The predicted octanol–water partition coefficient (Wildman–Crippen LogP) is 1.86. The molecule has 2 N–H and O–H groups in total. The quantitative estimate of drug-likeness (QED) is 0.916. The molecular formula is C14H20ClN3O. The van der Waals surface area contributed by atoms with Gasteiger partial charge >= 0.3 is 0 Å². The van der Waals surface area contributed by atoms with Gasteiger partial charge in [0.25, 0.3) is 0 Å².